The van der Waals surface area contributed by atoms with E-state index in [4.69, 9.17) is 0 Å². The van der Waals surface area contributed by atoms with Crippen LogP contribution in [0.5, 0.6) is 0 Å². The van der Waals surface area contributed by atoms with Gasteiger partial charge in [-0.3, -0.25) is 10.1 Å². The van der Waals surface area contributed by atoms with Crippen molar-refractivity contribution in [2.45, 2.75) is 38.0 Å². The third-order valence-corrected chi connectivity index (χ3v) is 4.76. The number of hydrogen-bond acceptors (Lipinski definition) is 6. The van der Waals surface area contributed by atoms with Crippen LogP contribution in [-0.4, -0.2) is 29.6 Å². The van der Waals surface area contributed by atoms with Crippen LogP contribution >= 0.6 is 11.3 Å². The highest BCUT2D eigenvalue weighted by Crippen LogP contribution is 2.13. The molecule has 0 aromatic carbocycles. The van der Waals surface area contributed by atoms with E-state index < -0.39 is 10.0 Å². The Morgan fingerprint density at radius 1 is 1.35 bits per heavy atom. The SMILES string of the molecule is CC(C)NCc1cn[nH]c1S(=O)(=O)NCc1cncs1. The second kappa shape index (κ2) is 6.44. The van der Waals surface area contributed by atoms with Gasteiger partial charge >= 0.3 is 0 Å². The summed E-state index contributed by atoms with van der Waals surface area (Å²) in [5, 5.41) is 9.64. The summed E-state index contributed by atoms with van der Waals surface area (Å²) in [6.07, 6.45) is 3.16. The highest BCUT2D eigenvalue weighted by atomic mass is 32.2. The van der Waals surface area contributed by atoms with Crippen LogP contribution in [-0.2, 0) is 23.1 Å². The first-order valence-corrected chi connectivity index (χ1v) is 8.48. The zero-order valence-electron chi connectivity index (χ0n) is 11.3. The summed E-state index contributed by atoms with van der Waals surface area (Å²) in [4.78, 5) is 4.76. The van der Waals surface area contributed by atoms with Gasteiger partial charge in [-0.1, -0.05) is 13.8 Å². The fraction of sp³-hybridized carbons (Fsp3) is 0.455. The van der Waals surface area contributed by atoms with E-state index in [9.17, 15) is 8.42 Å². The molecule has 0 radical (unpaired) electrons. The van der Waals surface area contributed by atoms with E-state index in [0.717, 1.165) is 4.88 Å². The molecule has 2 aromatic heterocycles. The van der Waals surface area contributed by atoms with E-state index in [1.807, 2.05) is 13.8 Å². The molecule has 0 amide bonds. The van der Waals surface area contributed by atoms with Gasteiger partial charge in [0.1, 0.15) is 0 Å². The van der Waals surface area contributed by atoms with Crippen molar-refractivity contribution in [2.75, 3.05) is 0 Å². The fourth-order valence-electron chi connectivity index (χ4n) is 1.54. The summed E-state index contributed by atoms with van der Waals surface area (Å²) in [7, 11) is -3.60. The first kappa shape index (κ1) is 15.1. The lowest BCUT2D eigenvalue weighted by molar-refractivity contribution is 0.564. The van der Waals surface area contributed by atoms with E-state index in [-0.39, 0.29) is 17.6 Å². The maximum absolute atomic E-state index is 12.2. The molecule has 110 valence electrons. The normalized spacial score (nSPS) is 12.2. The Labute approximate surface area is 121 Å². The summed E-state index contributed by atoms with van der Waals surface area (Å²) in [5.74, 6) is 0. The minimum atomic E-state index is -3.60. The summed E-state index contributed by atoms with van der Waals surface area (Å²) < 4.78 is 27.0. The second-order valence-electron chi connectivity index (χ2n) is 4.55. The van der Waals surface area contributed by atoms with E-state index in [0.29, 0.717) is 12.1 Å². The van der Waals surface area contributed by atoms with Crippen LogP contribution in [0.4, 0.5) is 0 Å². The lowest BCUT2D eigenvalue weighted by Gasteiger charge is -2.09. The number of thiazole rings is 1. The Balaban J connectivity index is 2.07. The van der Waals surface area contributed by atoms with Gasteiger partial charge in [0.15, 0.2) is 5.03 Å². The molecule has 0 unspecified atom stereocenters. The number of H-pyrrole nitrogens is 1. The van der Waals surface area contributed by atoms with Gasteiger partial charge in [0.25, 0.3) is 10.0 Å². The van der Waals surface area contributed by atoms with Crippen molar-refractivity contribution in [1.82, 2.24) is 25.2 Å². The lowest BCUT2D eigenvalue weighted by atomic mass is 10.3. The minimum Gasteiger partial charge on any atom is -0.310 e. The van der Waals surface area contributed by atoms with Gasteiger partial charge in [0.2, 0.25) is 0 Å². The molecule has 3 N–H and O–H groups in total. The Kier molecular flexibility index (Phi) is 4.86. The lowest BCUT2D eigenvalue weighted by Crippen LogP contribution is -2.27. The zero-order chi connectivity index (χ0) is 14.6. The third-order valence-electron chi connectivity index (χ3n) is 2.57. The molecule has 0 aliphatic carbocycles. The largest absolute Gasteiger partial charge is 0.310 e. The quantitative estimate of drug-likeness (QED) is 0.703. The van der Waals surface area contributed by atoms with Crippen molar-refractivity contribution in [3.8, 4) is 0 Å². The Bertz CT molecular complexity index is 634. The molecule has 0 fully saturated rings. The molecule has 7 nitrogen and oxygen atoms in total. The molecule has 0 aliphatic heterocycles. The smallest absolute Gasteiger partial charge is 0.258 e. The number of sulfonamides is 1. The van der Waals surface area contributed by atoms with Crippen molar-refractivity contribution in [1.29, 1.82) is 0 Å². The maximum Gasteiger partial charge on any atom is 0.258 e. The van der Waals surface area contributed by atoms with Crippen LogP contribution in [0.3, 0.4) is 0 Å². The summed E-state index contributed by atoms with van der Waals surface area (Å²) >= 11 is 1.40. The van der Waals surface area contributed by atoms with Gasteiger partial charge < -0.3 is 5.32 Å². The fourth-order valence-corrected chi connectivity index (χ4v) is 3.30. The maximum atomic E-state index is 12.2. The molecule has 2 aromatic rings. The van der Waals surface area contributed by atoms with E-state index in [1.165, 1.54) is 17.5 Å². The van der Waals surface area contributed by atoms with Crippen LogP contribution < -0.4 is 10.0 Å². The molecule has 0 atom stereocenters. The third kappa shape index (κ3) is 3.85. The molecular formula is C11H17N5O2S2. The molecule has 2 heterocycles. The van der Waals surface area contributed by atoms with Gasteiger partial charge in [-0.15, -0.1) is 11.3 Å². The van der Waals surface area contributed by atoms with Crippen molar-refractivity contribution < 1.29 is 8.42 Å². The Morgan fingerprint density at radius 2 is 2.15 bits per heavy atom. The highest BCUT2D eigenvalue weighted by molar-refractivity contribution is 7.89. The average molecular weight is 315 g/mol. The first-order valence-electron chi connectivity index (χ1n) is 6.11. The van der Waals surface area contributed by atoms with Gasteiger partial charge in [0.05, 0.1) is 11.7 Å². The van der Waals surface area contributed by atoms with Crippen molar-refractivity contribution in [3.63, 3.8) is 0 Å². The predicted octanol–water partition coefficient (Wildman–Crippen LogP) is 0.843. The van der Waals surface area contributed by atoms with Crippen molar-refractivity contribution in [3.05, 3.63) is 28.3 Å². The Morgan fingerprint density at radius 3 is 2.80 bits per heavy atom. The molecular weight excluding hydrogens is 298 g/mol. The van der Waals surface area contributed by atoms with E-state index in [1.54, 1.807) is 11.7 Å². The van der Waals surface area contributed by atoms with Crippen LogP contribution in [0.25, 0.3) is 0 Å². The average Bonchev–Trinajstić information content (AvgIpc) is 3.05. The van der Waals surface area contributed by atoms with Gasteiger partial charge in [-0.25, -0.2) is 13.1 Å². The first-order chi connectivity index (χ1) is 9.49. The standard InChI is InChI=1S/C11H17N5O2S2/c1-8(2)13-3-9-4-14-16-11(9)20(17,18)15-6-10-5-12-7-19-10/h4-5,7-8,13,15H,3,6H2,1-2H3,(H,14,16). The number of nitrogens with zero attached hydrogens (tertiary/aromatic N) is 2. The molecule has 0 saturated carbocycles. The van der Waals surface area contributed by atoms with Gasteiger partial charge in [-0.2, -0.15) is 5.10 Å². The van der Waals surface area contributed by atoms with Crippen LogP contribution in [0.15, 0.2) is 22.9 Å². The minimum absolute atomic E-state index is 0.107. The molecule has 0 aliphatic rings. The summed E-state index contributed by atoms with van der Waals surface area (Å²) in [6, 6.07) is 0.269. The highest BCUT2D eigenvalue weighted by Gasteiger charge is 2.20. The second-order valence-corrected chi connectivity index (χ2v) is 7.23. The van der Waals surface area contributed by atoms with Gasteiger partial charge in [0, 0.05) is 35.8 Å². The molecule has 0 saturated heterocycles. The monoisotopic (exact) mass is 315 g/mol. The molecule has 9 heteroatoms. The molecule has 0 bridgehead atoms. The van der Waals surface area contributed by atoms with E-state index >= 15 is 0 Å². The predicted molar refractivity (Wildman–Crippen MR) is 76.7 cm³/mol. The zero-order valence-corrected chi connectivity index (χ0v) is 12.9. The number of nitrogens with one attached hydrogen (secondary N) is 3. The number of hydrogen-bond donors (Lipinski definition) is 3. The van der Waals surface area contributed by atoms with Crippen LogP contribution in [0.1, 0.15) is 24.3 Å². The topological polar surface area (TPSA) is 99.8 Å². The van der Waals surface area contributed by atoms with Gasteiger partial charge in [-0.05, 0) is 0 Å². The van der Waals surface area contributed by atoms with E-state index in [2.05, 4.69) is 25.2 Å². The number of aromatic amines is 1. The van der Waals surface area contributed by atoms with Crippen LogP contribution in [0, 0.1) is 0 Å². The van der Waals surface area contributed by atoms with Crippen molar-refractivity contribution in [2.24, 2.45) is 0 Å². The summed E-state index contributed by atoms with van der Waals surface area (Å²) in [6.45, 7) is 4.67. The summed E-state index contributed by atoms with van der Waals surface area (Å²) in [5.41, 5.74) is 2.29. The Hall–Kier alpha value is -1.29. The molecule has 2 rings (SSSR count). The number of aromatic nitrogens is 3. The van der Waals surface area contributed by atoms with Crippen LogP contribution in [0.2, 0.25) is 0 Å². The molecule has 0 spiro atoms. The van der Waals surface area contributed by atoms with Crippen molar-refractivity contribution >= 4 is 21.4 Å². The number of rotatable bonds is 7. The molecule has 20 heavy (non-hydrogen) atoms.